The van der Waals surface area contributed by atoms with Crippen molar-refractivity contribution in [2.45, 2.75) is 18.2 Å². The number of hydrogen-bond acceptors (Lipinski definition) is 8. The lowest BCUT2D eigenvalue weighted by atomic mass is 10.1. The molecule has 1 heterocycles. The molecular weight excluding hydrogens is 470 g/mol. The first-order chi connectivity index (χ1) is 16.8. The van der Waals surface area contributed by atoms with Crippen LogP contribution in [0.4, 0.5) is 11.6 Å². The van der Waals surface area contributed by atoms with E-state index in [1.807, 2.05) is 18.2 Å². The van der Waals surface area contributed by atoms with E-state index in [-0.39, 0.29) is 10.8 Å². The van der Waals surface area contributed by atoms with Crippen molar-refractivity contribution < 1.29 is 18.0 Å². The molecule has 3 aromatic rings. The van der Waals surface area contributed by atoms with Crippen LogP contribution in [0.15, 0.2) is 77.0 Å². The maximum atomic E-state index is 12.5. The highest BCUT2D eigenvalue weighted by Crippen LogP contribution is 2.17. The molecular formula is C23H21N7O4S. The van der Waals surface area contributed by atoms with Crippen molar-refractivity contribution >= 4 is 39.7 Å². The Morgan fingerprint density at radius 1 is 1.09 bits per heavy atom. The van der Waals surface area contributed by atoms with Crippen LogP contribution in [0.3, 0.4) is 0 Å². The average molecular weight is 492 g/mol. The van der Waals surface area contributed by atoms with Gasteiger partial charge in [0, 0.05) is 18.1 Å². The lowest BCUT2D eigenvalue weighted by molar-refractivity contribution is -0.126. The zero-order chi connectivity index (χ0) is 25.3. The molecule has 35 heavy (non-hydrogen) atoms. The topological polar surface area (TPSA) is 166 Å². The number of nitrogens with zero attached hydrogens (tertiary/aromatic N) is 4. The minimum absolute atomic E-state index is 0.0646. The first-order valence-electron chi connectivity index (χ1n) is 10.3. The Morgan fingerprint density at radius 3 is 2.37 bits per heavy atom. The number of carbonyl (C=O) groups excluding carboxylic acids is 2. The van der Waals surface area contributed by atoms with Crippen LogP contribution in [0, 0.1) is 24.2 Å². The van der Waals surface area contributed by atoms with Crippen LogP contribution in [0.5, 0.6) is 0 Å². The van der Waals surface area contributed by atoms with Crippen molar-refractivity contribution in [1.82, 2.24) is 15.4 Å². The lowest BCUT2D eigenvalue weighted by Crippen LogP contribution is -2.29. The van der Waals surface area contributed by atoms with Crippen molar-refractivity contribution in [2.75, 3.05) is 10.0 Å². The number of aromatic nitrogens is 2. The summed E-state index contributed by atoms with van der Waals surface area (Å²) in [6, 6.07) is 16.1. The molecule has 1 unspecified atom stereocenters. The molecule has 178 valence electrons. The predicted molar refractivity (Wildman–Crippen MR) is 129 cm³/mol. The summed E-state index contributed by atoms with van der Waals surface area (Å²) >= 11 is 0. The summed E-state index contributed by atoms with van der Waals surface area (Å²) in [7, 11) is -3.93. The number of amides is 2. The number of hydrogen-bond donors (Lipinski definition) is 3. The highest BCUT2D eigenvalue weighted by Gasteiger charge is 2.22. The molecule has 0 saturated carbocycles. The number of sulfonamides is 1. The lowest BCUT2D eigenvalue weighted by Gasteiger charge is -2.10. The fourth-order valence-corrected chi connectivity index (χ4v) is 3.68. The molecule has 0 aliphatic carbocycles. The third-order valence-electron chi connectivity index (χ3n) is 4.50. The van der Waals surface area contributed by atoms with Gasteiger partial charge in [-0.3, -0.25) is 9.59 Å². The molecule has 0 spiro atoms. The molecule has 12 heteroatoms. The summed E-state index contributed by atoms with van der Waals surface area (Å²) in [5.41, 5.74) is 4.07. The number of rotatable bonds is 9. The van der Waals surface area contributed by atoms with E-state index in [1.165, 1.54) is 42.9 Å². The van der Waals surface area contributed by atoms with E-state index >= 15 is 0 Å². The molecule has 0 radical (unpaired) electrons. The third-order valence-corrected chi connectivity index (χ3v) is 5.85. The molecule has 0 fully saturated rings. The Morgan fingerprint density at radius 2 is 1.74 bits per heavy atom. The van der Waals surface area contributed by atoms with Gasteiger partial charge in [0.15, 0.2) is 0 Å². The van der Waals surface area contributed by atoms with Gasteiger partial charge in [0.05, 0.1) is 23.6 Å². The highest BCUT2D eigenvalue weighted by molar-refractivity contribution is 7.92. The summed E-state index contributed by atoms with van der Waals surface area (Å²) in [5.74, 6) is -2.65. The monoisotopic (exact) mass is 491 g/mol. The van der Waals surface area contributed by atoms with E-state index < -0.39 is 34.2 Å². The fraction of sp³-hybridized carbons (Fsp3) is 0.130. The molecule has 0 aliphatic rings. The standard InChI is InChI=1S/C23H21N7O4S/c1-16-13-25-23(26-14-16)30-35(33,34)20-9-7-19(8-10-20)28-21(31)11-18(12-24)22(32)29-27-15-17-5-3-2-4-6-17/h2-10,13-15,18H,11H2,1H3,(H,28,31)(H,29,32)(H,25,26,30)/b27-15+. The number of carbonyl (C=O) groups is 2. The molecule has 11 nitrogen and oxygen atoms in total. The zero-order valence-corrected chi connectivity index (χ0v) is 19.4. The van der Waals surface area contributed by atoms with Crippen molar-refractivity contribution in [1.29, 1.82) is 5.26 Å². The number of benzene rings is 2. The van der Waals surface area contributed by atoms with E-state index in [1.54, 1.807) is 25.1 Å². The first kappa shape index (κ1) is 25.0. The number of aryl methyl sites for hydroxylation is 1. The molecule has 2 aromatic carbocycles. The third kappa shape index (κ3) is 7.44. The van der Waals surface area contributed by atoms with Crippen molar-refractivity contribution in [3.63, 3.8) is 0 Å². The molecule has 3 rings (SSSR count). The number of nitriles is 1. The Balaban J connectivity index is 1.55. The van der Waals surface area contributed by atoms with Gasteiger partial charge < -0.3 is 5.32 Å². The molecule has 0 aliphatic heterocycles. The minimum atomic E-state index is -3.93. The largest absolute Gasteiger partial charge is 0.326 e. The molecule has 2 amide bonds. The van der Waals surface area contributed by atoms with Gasteiger partial charge in [-0.05, 0) is 42.3 Å². The number of nitrogens with one attached hydrogen (secondary N) is 3. The summed E-state index contributed by atoms with van der Waals surface area (Å²) < 4.78 is 27.2. The predicted octanol–water partition coefficient (Wildman–Crippen LogP) is 2.20. The Kier molecular flexibility index (Phi) is 8.20. The van der Waals surface area contributed by atoms with Crippen LogP contribution in [0.25, 0.3) is 0 Å². The SMILES string of the molecule is Cc1cnc(NS(=O)(=O)c2ccc(NC(=O)CC(C#N)C(=O)N/N=C/c3ccccc3)cc2)nc1. The minimum Gasteiger partial charge on any atom is -0.326 e. The van der Waals surface area contributed by atoms with Gasteiger partial charge in [-0.25, -0.2) is 28.5 Å². The number of anilines is 2. The molecule has 0 bridgehead atoms. The van der Waals surface area contributed by atoms with Crippen LogP contribution < -0.4 is 15.5 Å². The summed E-state index contributed by atoms with van der Waals surface area (Å²) in [6.45, 7) is 1.77. The van der Waals surface area contributed by atoms with Crippen molar-refractivity contribution in [3.05, 3.63) is 78.1 Å². The van der Waals surface area contributed by atoms with Gasteiger partial charge >= 0.3 is 0 Å². The van der Waals surface area contributed by atoms with Gasteiger partial charge in [-0.2, -0.15) is 10.4 Å². The summed E-state index contributed by atoms with van der Waals surface area (Å²) in [5, 5.41) is 15.6. The van der Waals surface area contributed by atoms with Gasteiger partial charge in [-0.1, -0.05) is 30.3 Å². The average Bonchev–Trinajstić information content (AvgIpc) is 2.85. The second kappa shape index (κ2) is 11.5. The first-order valence-corrected chi connectivity index (χ1v) is 11.7. The quantitative estimate of drug-likeness (QED) is 0.305. The maximum absolute atomic E-state index is 12.5. The van der Waals surface area contributed by atoms with E-state index in [0.29, 0.717) is 5.69 Å². The van der Waals surface area contributed by atoms with Crippen LogP contribution in [0.1, 0.15) is 17.5 Å². The van der Waals surface area contributed by atoms with E-state index in [9.17, 15) is 23.3 Å². The van der Waals surface area contributed by atoms with Gasteiger partial charge in [0.25, 0.3) is 15.9 Å². The van der Waals surface area contributed by atoms with E-state index in [4.69, 9.17) is 0 Å². The van der Waals surface area contributed by atoms with Gasteiger partial charge in [0.2, 0.25) is 11.9 Å². The summed E-state index contributed by atoms with van der Waals surface area (Å²) in [6.07, 6.45) is 3.97. The van der Waals surface area contributed by atoms with E-state index in [0.717, 1.165) is 11.1 Å². The van der Waals surface area contributed by atoms with Crippen LogP contribution >= 0.6 is 0 Å². The zero-order valence-electron chi connectivity index (χ0n) is 18.5. The second-order valence-electron chi connectivity index (χ2n) is 7.29. The number of hydrazone groups is 1. The fourth-order valence-electron chi connectivity index (χ4n) is 2.72. The highest BCUT2D eigenvalue weighted by atomic mass is 32.2. The normalized spacial score (nSPS) is 11.9. The van der Waals surface area contributed by atoms with Crippen molar-refractivity contribution in [3.8, 4) is 6.07 Å². The van der Waals surface area contributed by atoms with Crippen LogP contribution in [0.2, 0.25) is 0 Å². The van der Waals surface area contributed by atoms with Gasteiger partial charge in [-0.15, -0.1) is 0 Å². The van der Waals surface area contributed by atoms with Gasteiger partial charge in [0.1, 0.15) is 5.92 Å². The second-order valence-corrected chi connectivity index (χ2v) is 8.98. The maximum Gasteiger partial charge on any atom is 0.264 e. The van der Waals surface area contributed by atoms with Crippen LogP contribution in [-0.2, 0) is 19.6 Å². The Hall–Kier alpha value is -4.63. The Bertz CT molecular complexity index is 1350. The van der Waals surface area contributed by atoms with Crippen molar-refractivity contribution in [2.24, 2.45) is 11.0 Å². The molecule has 1 aromatic heterocycles. The summed E-state index contributed by atoms with van der Waals surface area (Å²) in [4.78, 5) is 32.2. The Labute approximate surface area is 202 Å². The van der Waals surface area contributed by atoms with Crippen LogP contribution in [-0.4, -0.2) is 36.4 Å². The molecule has 3 N–H and O–H groups in total. The molecule has 1 atom stereocenters. The molecule has 0 saturated heterocycles. The smallest absolute Gasteiger partial charge is 0.264 e. The van der Waals surface area contributed by atoms with E-state index in [2.05, 4.69) is 30.5 Å².